The fourth-order valence-corrected chi connectivity index (χ4v) is 2.88. The van der Waals surface area contributed by atoms with E-state index in [2.05, 4.69) is 24.1 Å². The largest absolute Gasteiger partial charge is 0.352 e. The van der Waals surface area contributed by atoms with Crippen LogP contribution in [0.1, 0.15) is 41.9 Å². The molecule has 0 saturated heterocycles. The molecule has 0 spiro atoms. The molecule has 3 nitrogen and oxygen atoms in total. The summed E-state index contributed by atoms with van der Waals surface area (Å²) in [6, 6.07) is 4.47. The molecule has 21 heavy (non-hydrogen) atoms. The molecule has 0 bridgehead atoms. The van der Waals surface area contributed by atoms with Crippen LogP contribution in [0.2, 0.25) is 0 Å². The molecule has 3 rings (SSSR count). The van der Waals surface area contributed by atoms with Crippen LogP contribution in [-0.4, -0.2) is 17.4 Å². The van der Waals surface area contributed by atoms with Crippen molar-refractivity contribution in [3.63, 3.8) is 0 Å². The number of nitrogens with zero attached hydrogens (tertiary/aromatic N) is 1. The maximum atomic E-state index is 13.6. The Hall–Kier alpha value is -1.97. The molecule has 0 saturated carbocycles. The number of aromatic nitrogens is 1. The number of hydrogen-bond donors (Lipinski definition) is 1. The van der Waals surface area contributed by atoms with Gasteiger partial charge in [-0.25, -0.2) is 4.39 Å². The van der Waals surface area contributed by atoms with Crippen molar-refractivity contribution in [2.24, 2.45) is 5.92 Å². The maximum Gasteiger partial charge on any atom is 0.252 e. The molecule has 2 aromatic rings. The molecule has 4 heteroatoms. The minimum absolute atomic E-state index is 0.111. The number of pyridine rings is 1. The van der Waals surface area contributed by atoms with Crippen molar-refractivity contribution in [2.45, 2.75) is 33.1 Å². The van der Waals surface area contributed by atoms with E-state index in [1.165, 1.54) is 12.1 Å². The van der Waals surface area contributed by atoms with Crippen LogP contribution in [0.25, 0.3) is 10.9 Å². The lowest BCUT2D eigenvalue weighted by Crippen LogP contribution is -2.28. The number of amides is 1. The number of aryl methyl sites for hydroxylation is 1. The summed E-state index contributed by atoms with van der Waals surface area (Å²) in [6.45, 7) is 4.72. The number of fused-ring (bicyclic) bond motifs is 2. The third-order valence-corrected chi connectivity index (χ3v) is 3.87. The SMILES string of the molecule is CC(C)CNC(=O)c1c2c(nc3ccc(F)cc13)CCC2. The third kappa shape index (κ3) is 2.62. The van der Waals surface area contributed by atoms with Gasteiger partial charge in [0, 0.05) is 17.6 Å². The van der Waals surface area contributed by atoms with Gasteiger partial charge in [0.2, 0.25) is 0 Å². The zero-order chi connectivity index (χ0) is 15.0. The predicted molar refractivity (Wildman–Crippen MR) is 80.9 cm³/mol. The van der Waals surface area contributed by atoms with E-state index < -0.39 is 0 Å². The summed E-state index contributed by atoms with van der Waals surface area (Å²) in [7, 11) is 0. The van der Waals surface area contributed by atoms with Gasteiger partial charge in [-0.2, -0.15) is 0 Å². The van der Waals surface area contributed by atoms with E-state index in [1.54, 1.807) is 6.07 Å². The van der Waals surface area contributed by atoms with E-state index in [-0.39, 0.29) is 11.7 Å². The summed E-state index contributed by atoms with van der Waals surface area (Å²) in [6.07, 6.45) is 2.75. The molecule has 1 aromatic carbocycles. The fourth-order valence-electron chi connectivity index (χ4n) is 2.88. The quantitative estimate of drug-likeness (QED) is 0.941. The summed E-state index contributed by atoms with van der Waals surface area (Å²) in [5.41, 5.74) is 3.30. The normalized spacial score (nSPS) is 13.7. The van der Waals surface area contributed by atoms with Crippen LogP contribution in [0.3, 0.4) is 0 Å². The van der Waals surface area contributed by atoms with E-state index in [9.17, 15) is 9.18 Å². The van der Waals surface area contributed by atoms with Crippen LogP contribution in [-0.2, 0) is 12.8 Å². The molecule has 0 radical (unpaired) electrons. The van der Waals surface area contributed by atoms with Crippen molar-refractivity contribution in [3.05, 3.63) is 40.8 Å². The Kier molecular flexibility index (Phi) is 3.62. The zero-order valence-corrected chi connectivity index (χ0v) is 12.4. The van der Waals surface area contributed by atoms with E-state index >= 15 is 0 Å². The second kappa shape index (κ2) is 5.43. The van der Waals surface area contributed by atoms with Crippen molar-refractivity contribution < 1.29 is 9.18 Å². The Bertz CT molecular complexity index is 709. The summed E-state index contributed by atoms with van der Waals surface area (Å²) >= 11 is 0. The van der Waals surface area contributed by atoms with Crippen LogP contribution in [0.5, 0.6) is 0 Å². The topological polar surface area (TPSA) is 42.0 Å². The lowest BCUT2D eigenvalue weighted by molar-refractivity contribution is 0.0949. The van der Waals surface area contributed by atoms with E-state index in [0.717, 1.165) is 30.5 Å². The number of carbonyl (C=O) groups excluding carboxylic acids is 1. The van der Waals surface area contributed by atoms with E-state index in [1.807, 2.05) is 0 Å². The smallest absolute Gasteiger partial charge is 0.252 e. The Morgan fingerprint density at radius 2 is 2.19 bits per heavy atom. The van der Waals surface area contributed by atoms with Gasteiger partial charge in [-0.05, 0) is 48.9 Å². The van der Waals surface area contributed by atoms with Crippen molar-refractivity contribution in [1.29, 1.82) is 0 Å². The monoisotopic (exact) mass is 286 g/mol. The van der Waals surface area contributed by atoms with Crippen molar-refractivity contribution in [2.75, 3.05) is 6.54 Å². The number of halogens is 1. The van der Waals surface area contributed by atoms with Crippen LogP contribution < -0.4 is 5.32 Å². The number of nitrogens with one attached hydrogen (secondary N) is 1. The van der Waals surface area contributed by atoms with Crippen LogP contribution >= 0.6 is 0 Å². The zero-order valence-electron chi connectivity index (χ0n) is 12.4. The second-order valence-electron chi connectivity index (χ2n) is 6.03. The van der Waals surface area contributed by atoms with Crippen molar-refractivity contribution in [3.8, 4) is 0 Å². The first-order valence-electron chi connectivity index (χ1n) is 7.45. The highest BCUT2D eigenvalue weighted by Gasteiger charge is 2.24. The van der Waals surface area contributed by atoms with Gasteiger partial charge in [0.05, 0.1) is 11.1 Å². The first-order chi connectivity index (χ1) is 10.1. The number of rotatable bonds is 3. The molecule has 1 heterocycles. The Morgan fingerprint density at radius 3 is 2.95 bits per heavy atom. The van der Waals surface area contributed by atoms with Gasteiger partial charge in [0.25, 0.3) is 5.91 Å². The molecule has 110 valence electrons. The lowest BCUT2D eigenvalue weighted by Gasteiger charge is -2.13. The number of carbonyl (C=O) groups is 1. The average Bonchev–Trinajstić information content (AvgIpc) is 2.90. The molecular weight excluding hydrogens is 267 g/mol. The van der Waals surface area contributed by atoms with Crippen LogP contribution in [0.4, 0.5) is 4.39 Å². The maximum absolute atomic E-state index is 13.6. The lowest BCUT2D eigenvalue weighted by atomic mass is 10.00. The molecular formula is C17H19FN2O. The molecule has 1 aliphatic carbocycles. The molecule has 0 aliphatic heterocycles. The fraction of sp³-hybridized carbons (Fsp3) is 0.412. The van der Waals surface area contributed by atoms with Gasteiger partial charge >= 0.3 is 0 Å². The van der Waals surface area contributed by atoms with E-state index in [4.69, 9.17) is 0 Å². The van der Waals surface area contributed by atoms with Gasteiger partial charge in [0.15, 0.2) is 0 Å². The first-order valence-corrected chi connectivity index (χ1v) is 7.45. The molecule has 1 amide bonds. The molecule has 0 unspecified atom stereocenters. The van der Waals surface area contributed by atoms with Gasteiger partial charge < -0.3 is 5.32 Å². The number of hydrogen-bond acceptors (Lipinski definition) is 2. The Labute approximate surface area is 123 Å². The highest BCUT2D eigenvalue weighted by molar-refractivity contribution is 6.07. The Morgan fingerprint density at radius 1 is 1.38 bits per heavy atom. The standard InChI is InChI=1S/C17H19FN2O/c1-10(2)9-19-17(21)16-12-4-3-5-14(12)20-15-7-6-11(18)8-13(15)16/h6-8,10H,3-5,9H2,1-2H3,(H,19,21). The molecule has 0 atom stereocenters. The van der Waals surface area contributed by atoms with Gasteiger partial charge in [-0.3, -0.25) is 9.78 Å². The highest BCUT2D eigenvalue weighted by atomic mass is 19.1. The Balaban J connectivity index is 2.14. The van der Waals surface area contributed by atoms with Gasteiger partial charge in [-0.1, -0.05) is 13.8 Å². The first kappa shape index (κ1) is 14.0. The predicted octanol–water partition coefficient (Wildman–Crippen LogP) is 3.25. The molecule has 1 N–H and O–H groups in total. The minimum atomic E-state index is -0.333. The minimum Gasteiger partial charge on any atom is -0.352 e. The summed E-state index contributed by atoms with van der Waals surface area (Å²) < 4.78 is 13.6. The summed E-state index contributed by atoms with van der Waals surface area (Å²) in [5, 5.41) is 3.57. The van der Waals surface area contributed by atoms with Gasteiger partial charge in [0.1, 0.15) is 5.82 Å². The van der Waals surface area contributed by atoms with Gasteiger partial charge in [-0.15, -0.1) is 0 Å². The average molecular weight is 286 g/mol. The van der Waals surface area contributed by atoms with E-state index in [0.29, 0.717) is 28.9 Å². The summed E-state index contributed by atoms with van der Waals surface area (Å²) in [4.78, 5) is 17.2. The van der Waals surface area contributed by atoms with Crippen LogP contribution in [0, 0.1) is 11.7 Å². The van der Waals surface area contributed by atoms with Crippen molar-refractivity contribution >= 4 is 16.8 Å². The summed E-state index contributed by atoms with van der Waals surface area (Å²) in [5.74, 6) is -0.0631. The van der Waals surface area contributed by atoms with Crippen molar-refractivity contribution in [1.82, 2.24) is 10.3 Å². The number of benzene rings is 1. The molecule has 1 aliphatic rings. The van der Waals surface area contributed by atoms with Crippen LogP contribution in [0.15, 0.2) is 18.2 Å². The second-order valence-corrected chi connectivity index (χ2v) is 6.03. The molecule has 1 aromatic heterocycles. The highest BCUT2D eigenvalue weighted by Crippen LogP contribution is 2.30. The third-order valence-electron chi connectivity index (χ3n) is 3.87. The molecule has 0 fully saturated rings.